The smallest absolute Gasteiger partial charge is 0.303 e. The van der Waals surface area contributed by atoms with Gasteiger partial charge in [0.05, 0.1) is 0 Å². The number of aliphatic carboxylic acids is 1. The van der Waals surface area contributed by atoms with Gasteiger partial charge in [0.15, 0.2) is 0 Å². The van der Waals surface area contributed by atoms with Crippen LogP contribution in [0, 0.1) is 11.8 Å². The number of rotatable bonds is 5. The Bertz CT molecular complexity index is 125. The number of carboxylic acids is 1. The van der Waals surface area contributed by atoms with E-state index in [-0.39, 0.29) is 12.3 Å². The Hall–Kier alpha value is -0.570. The molecule has 3 N–H and O–H groups in total. The first kappa shape index (κ1) is 10.4. The second-order valence-electron chi connectivity index (χ2n) is 3.13. The minimum absolute atomic E-state index is 0.232. The minimum atomic E-state index is -0.721. The summed E-state index contributed by atoms with van der Waals surface area (Å²) in [6.07, 6.45) is 1.16. The van der Waals surface area contributed by atoms with E-state index in [9.17, 15) is 4.79 Å². The first-order chi connectivity index (χ1) is 5.07. The van der Waals surface area contributed by atoms with Crippen molar-refractivity contribution in [2.45, 2.75) is 26.7 Å². The predicted molar refractivity (Wildman–Crippen MR) is 44.3 cm³/mol. The fourth-order valence-corrected chi connectivity index (χ4v) is 1.02. The number of nitrogens with two attached hydrogens (primary N) is 1. The summed E-state index contributed by atoms with van der Waals surface area (Å²) in [7, 11) is 0. The number of hydrogen-bond acceptors (Lipinski definition) is 2. The van der Waals surface area contributed by atoms with Gasteiger partial charge in [0.25, 0.3) is 0 Å². The Balaban J connectivity index is 3.63. The molecule has 0 rings (SSSR count). The molecule has 0 spiro atoms. The first-order valence-corrected chi connectivity index (χ1v) is 3.99. The molecule has 3 nitrogen and oxygen atoms in total. The highest BCUT2D eigenvalue weighted by Crippen LogP contribution is 2.17. The van der Waals surface area contributed by atoms with Crippen molar-refractivity contribution < 1.29 is 9.90 Å². The Morgan fingerprint density at radius 1 is 1.45 bits per heavy atom. The van der Waals surface area contributed by atoms with Crippen molar-refractivity contribution in [3.8, 4) is 0 Å². The second kappa shape index (κ2) is 5.13. The van der Waals surface area contributed by atoms with Gasteiger partial charge in [-0.2, -0.15) is 0 Å². The van der Waals surface area contributed by atoms with Crippen LogP contribution >= 0.6 is 0 Å². The molecule has 0 radical (unpaired) electrons. The molecule has 0 aromatic carbocycles. The Kier molecular flexibility index (Phi) is 4.86. The van der Waals surface area contributed by atoms with Crippen LogP contribution in [0.4, 0.5) is 0 Å². The maximum atomic E-state index is 10.3. The molecule has 11 heavy (non-hydrogen) atoms. The molecule has 0 aliphatic rings. The minimum Gasteiger partial charge on any atom is -0.481 e. The largest absolute Gasteiger partial charge is 0.481 e. The van der Waals surface area contributed by atoms with Gasteiger partial charge in [0, 0.05) is 6.42 Å². The van der Waals surface area contributed by atoms with Gasteiger partial charge in [-0.25, -0.2) is 0 Å². The van der Waals surface area contributed by atoms with Crippen LogP contribution in [0.3, 0.4) is 0 Å². The monoisotopic (exact) mass is 159 g/mol. The van der Waals surface area contributed by atoms with Gasteiger partial charge in [-0.05, 0) is 24.8 Å². The van der Waals surface area contributed by atoms with Crippen molar-refractivity contribution >= 4 is 5.97 Å². The molecule has 0 aromatic rings. The lowest BCUT2D eigenvalue weighted by Crippen LogP contribution is -2.16. The summed E-state index contributed by atoms with van der Waals surface area (Å²) < 4.78 is 0. The highest BCUT2D eigenvalue weighted by molar-refractivity contribution is 5.66. The van der Waals surface area contributed by atoms with E-state index in [1.165, 1.54) is 0 Å². The van der Waals surface area contributed by atoms with Gasteiger partial charge in [0.2, 0.25) is 0 Å². The van der Waals surface area contributed by atoms with E-state index in [0.29, 0.717) is 12.5 Å². The van der Waals surface area contributed by atoms with Crippen LogP contribution in [-0.4, -0.2) is 17.6 Å². The zero-order valence-electron chi connectivity index (χ0n) is 7.21. The summed E-state index contributed by atoms with van der Waals surface area (Å²) in [5.74, 6) is -0.0754. The van der Waals surface area contributed by atoms with Gasteiger partial charge < -0.3 is 10.8 Å². The summed E-state index contributed by atoms with van der Waals surface area (Å²) in [5.41, 5.74) is 5.35. The van der Waals surface area contributed by atoms with Crippen molar-refractivity contribution in [1.29, 1.82) is 0 Å². The maximum absolute atomic E-state index is 10.3. The molecular formula is C8H17NO2. The summed E-state index contributed by atoms with van der Waals surface area (Å²) in [4.78, 5) is 10.3. The van der Waals surface area contributed by atoms with Crippen molar-refractivity contribution in [2.24, 2.45) is 17.6 Å². The molecule has 0 saturated heterocycles. The Labute approximate surface area is 67.6 Å². The van der Waals surface area contributed by atoms with E-state index in [4.69, 9.17) is 10.8 Å². The molecule has 0 fully saturated rings. The van der Waals surface area contributed by atoms with E-state index in [1.807, 2.05) is 13.8 Å². The summed E-state index contributed by atoms with van der Waals surface area (Å²) in [6.45, 7) is 4.64. The number of hydrogen-bond donors (Lipinski definition) is 2. The van der Waals surface area contributed by atoms with Gasteiger partial charge in [-0.1, -0.05) is 13.8 Å². The first-order valence-electron chi connectivity index (χ1n) is 3.99. The van der Waals surface area contributed by atoms with Crippen molar-refractivity contribution in [3.63, 3.8) is 0 Å². The van der Waals surface area contributed by atoms with Crippen LogP contribution in [0.15, 0.2) is 0 Å². The van der Waals surface area contributed by atoms with Crippen LogP contribution in [0.1, 0.15) is 26.7 Å². The van der Waals surface area contributed by atoms with Crippen LogP contribution in [-0.2, 0) is 4.79 Å². The third-order valence-corrected chi connectivity index (χ3v) is 2.09. The van der Waals surface area contributed by atoms with E-state index in [0.717, 1.165) is 6.42 Å². The number of carboxylic acid groups (broad SMARTS) is 1. The van der Waals surface area contributed by atoms with Crippen LogP contribution in [0.25, 0.3) is 0 Å². The summed E-state index contributed by atoms with van der Waals surface area (Å²) in [6, 6.07) is 0. The molecule has 2 atom stereocenters. The zero-order chi connectivity index (χ0) is 8.85. The number of carbonyl (C=O) groups is 1. The zero-order valence-corrected chi connectivity index (χ0v) is 7.21. The fraction of sp³-hybridized carbons (Fsp3) is 0.875. The molecule has 0 aromatic heterocycles. The average Bonchev–Trinajstić information content (AvgIpc) is 1.86. The molecule has 0 bridgehead atoms. The van der Waals surface area contributed by atoms with E-state index in [1.54, 1.807) is 0 Å². The molecular weight excluding hydrogens is 142 g/mol. The van der Waals surface area contributed by atoms with Gasteiger partial charge >= 0.3 is 5.97 Å². The molecule has 0 heterocycles. The average molecular weight is 159 g/mol. The van der Waals surface area contributed by atoms with Crippen LogP contribution < -0.4 is 5.73 Å². The highest BCUT2D eigenvalue weighted by Gasteiger charge is 2.14. The molecule has 3 heteroatoms. The van der Waals surface area contributed by atoms with Crippen molar-refractivity contribution in [3.05, 3.63) is 0 Å². The normalized spacial score (nSPS) is 15.9. The highest BCUT2D eigenvalue weighted by atomic mass is 16.4. The van der Waals surface area contributed by atoms with Gasteiger partial charge in [-0.3, -0.25) is 4.79 Å². The Morgan fingerprint density at radius 2 is 2.00 bits per heavy atom. The third-order valence-electron chi connectivity index (χ3n) is 2.09. The maximum Gasteiger partial charge on any atom is 0.303 e. The van der Waals surface area contributed by atoms with E-state index in [2.05, 4.69) is 0 Å². The molecule has 2 unspecified atom stereocenters. The van der Waals surface area contributed by atoms with E-state index < -0.39 is 5.97 Å². The van der Waals surface area contributed by atoms with Crippen molar-refractivity contribution in [1.82, 2.24) is 0 Å². The van der Waals surface area contributed by atoms with E-state index >= 15 is 0 Å². The lowest BCUT2D eigenvalue weighted by atomic mass is 9.90. The topological polar surface area (TPSA) is 63.3 Å². The van der Waals surface area contributed by atoms with Crippen molar-refractivity contribution in [2.75, 3.05) is 6.54 Å². The molecule has 0 aliphatic heterocycles. The fourth-order valence-electron chi connectivity index (χ4n) is 1.02. The molecule has 0 saturated carbocycles. The lowest BCUT2D eigenvalue weighted by Gasteiger charge is -2.16. The molecule has 66 valence electrons. The SMILES string of the molecule is CC(CCN)C(C)CC(=O)O. The quantitative estimate of drug-likeness (QED) is 0.631. The second-order valence-corrected chi connectivity index (χ2v) is 3.13. The summed E-state index contributed by atoms with van der Waals surface area (Å²) in [5, 5.41) is 8.47. The van der Waals surface area contributed by atoms with Crippen LogP contribution in [0.2, 0.25) is 0 Å². The molecule has 0 amide bonds. The van der Waals surface area contributed by atoms with Gasteiger partial charge in [-0.15, -0.1) is 0 Å². The third kappa shape index (κ3) is 4.79. The lowest BCUT2D eigenvalue weighted by molar-refractivity contribution is -0.138. The Morgan fingerprint density at radius 3 is 2.36 bits per heavy atom. The summed E-state index contributed by atoms with van der Waals surface area (Å²) >= 11 is 0. The van der Waals surface area contributed by atoms with Gasteiger partial charge in [0.1, 0.15) is 0 Å². The standard InChI is InChI=1S/C8H17NO2/c1-6(3-4-9)7(2)5-8(10)11/h6-7H,3-5,9H2,1-2H3,(H,10,11). The molecule has 0 aliphatic carbocycles. The van der Waals surface area contributed by atoms with Crippen LogP contribution in [0.5, 0.6) is 0 Å². The predicted octanol–water partition coefficient (Wildman–Crippen LogP) is 1.08.